The Hall–Kier alpha value is -1.69. The fourth-order valence-electron chi connectivity index (χ4n) is 3.79. The minimum absolute atomic E-state index is 0.0288. The summed E-state index contributed by atoms with van der Waals surface area (Å²) in [6.45, 7) is 2.72. The molecular weight excluding hydrogens is 403 g/mol. The topological polar surface area (TPSA) is 40.6 Å². The van der Waals surface area contributed by atoms with Gasteiger partial charge in [-0.2, -0.15) is 0 Å². The number of amides is 2. The Bertz CT molecular complexity index is 936. The fraction of sp³-hybridized carbons (Fsp3) is 0.300. The molecule has 2 amide bonds. The highest BCUT2D eigenvalue weighted by atomic mass is 35.5. The van der Waals surface area contributed by atoms with Gasteiger partial charge in [0.15, 0.2) is 4.87 Å². The lowest BCUT2D eigenvalue weighted by atomic mass is 10.1. The third-order valence-corrected chi connectivity index (χ3v) is 7.07. The molecule has 1 atom stereocenters. The van der Waals surface area contributed by atoms with Crippen LogP contribution < -0.4 is 4.90 Å². The summed E-state index contributed by atoms with van der Waals surface area (Å²) in [6.07, 6.45) is 0.357. The van der Waals surface area contributed by atoms with E-state index in [2.05, 4.69) is 0 Å². The summed E-state index contributed by atoms with van der Waals surface area (Å²) in [5.41, 5.74) is 2.44. The van der Waals surface area contributed by atoms with E-state index in [1.165, 1.54) is 11.8 Å². The van der Waals surface area contributed by atoms with Crippen LogP contribution in [0.4, 0.5) is 5.69 Å². The molecule has 2 aromatic carbocycles. The summed E-state index contributed by atoms with van der Waals surface area (Å²) in [6, 6.07) is 12.9. The van der Waals surface area contributed by atoms with Crippen LogP contribution in [-0.4, -0.2) is 29.0 Å². The fourth-order valence-corrected chi connectivity index (χ4v) is 5.63. The van der Waals surface area contributed by atoms with Crippen molar-refractivity contribution in [2.45, 2.75) is 24.8 Å². The average molecular weight is 421 g/mol. The van der Waals surface area contributed by atoms with Crippen molar-refractivity contribution in [2.75, 3.05) is 17.2 Å². The molecule has 2 aliphatic rings. The Morgan fingerprint density at radius 2 is 2.00 bits per heavy atom. The van der Waals surface area contributed by atoms with E-state index in [1.54, 1.807) is 15.9 Å². The summed E-state index contributed by atoms with van der Waals surface area (Å²) >= 11 is 14.1. The number of anilines is 1. The lowest BCUT2D eigenvalue weighted by molar-refractivity contribution is -0.139. The number of carbonyl (C=O) groups is 2. The van der Waals surface area contributed by atoms with Crippen LogP contribution in [0.2, 0.25) is 10.0 Å². The SMILES string of the molecule is CCC(=O)N1CCSC12C(=O)N(Cc1ccccc1Cl)c1ccc(Cl)cc12. The van der Waals surface area contributed by atoms with E-state index < -0.39 is 4.87 Å². The van der Waals surface area contributed by atoms with Crippen LogP contribution in [0.25, 0.3) is 0 Å². The van der Waals surface area contributed by atoms with Gasteiger partial charge in [-0.05, 0) is 29.8 Å². The highest BCUT2D eigenvalue weighted by molar-refractivity contribution is 8.01. The number of rotatable bonds is 3. The molecule has 2 aromatic rings. The number of hydrogen-bond donors (Lipinski definition) is 0. The first-order chi connectivity index (χ1) is 13.0. The number of halogens is 2. The summed E-state index contributed by atoms with van der Waals surface area (Å²) in [5, 5.41) is 1.17. The molecule has 0 N–H and O–H groups in total. The van der Waals surface area contributed by atoms with Crippen molar-refractivity contribution < 1.29 is 9.59 Å². The second-order valence-corrected chi connectivity index (χ2v) is 8.67. The molecule has 27 heavy (non-hydrogen) atoms. The molecule has 0 bridgehead atoms. The molecule has 0 aliphatic carbocycles. The van der Waals surface area contributed by atoms with Crippen LogP contribution in [0.5, 0.6) is 0 Å². The molecule has 1 unspecified atom stereocenters. The minimum atomic E-state index is -1.03. The van der Waals surface area contributed by atoms with Gasteiger partial charge in [0, 0.05) is 34.3 Å². The van der Waals surface area contributed by atoms with Gasteiger partial charge in [0.1, 0.15) is 0 Å². The van der Waals surface area contributed by atoms with Crippen molar-refractivity contribution in [3.05, 3.63) is 63.6 Å². The van der Waals surface area contributed by atoms with E-state index in [1.807, 2.05) is 43.3 Å². The molecule has 0 aromatic heterocycles. The van der Waals surface area contributed by atoms with Crippen molar-refractivity contribution in [3.8, 4) is 0 Å². The molecule has 2 aliphatic heterocycles. The van der Waals surface area contributed by atoms with Crippen LogP contribution in [-0.2, 0) is 21.0 Å². The van der Waals surface area contributed by atoms with Crippen LogP contribution in [0.15, 0.2) is 42.5 Å². The average Bonchev–Trinajstić information content (AvgIpc) is 3.20. The highest BCUT2D eigenvalue weighted by Crippen LogP contribution is 2.55. The van der Waals surface area contributed by atoms with Gasteiger partial charge < -0.3 is 9.80 Å². The summed E-state index contributed by atoms with van der Waals surface area (Å²) in [4.78, 5) is 28.7. The first-order valence-electron chi connectivity index (χ1n) is 8.79. The van der Waals surface area contributed by atoms with Gasteiger partial charge in [-0.3, -0.25) is 9.59 Å². The van der Waals surface area contributed by atoms with Crippen LogP contribution in [0.3, 0.4) is 0 Å². The summed E-state index contributed by atoms with van der Waals surface area (Å²) < 4.78 is 0. The van der Waals surface area contributed by atoms with Crippen LogP contribution in [0, 0.1) is 0 Å². The maximum atomic E-state index is 13.7. The number of benzene rings is 2. The lowest BCUT2D eigenvalue weighted by Gasteiger charge is -2.33. The second-order valence-electron chi connectivity index (χ2n) is 6.54. The monoisotopic (exact) mass is 420 g/mol. The smallest absolute Gasteiger partial charge is 0.268 e. The van der Waals surface area contributed by atoms with Gasteiger partial charge in [0.25, 0.3) is 5.91 Å². The van der Waals surface area contributed by atoms with Gasteiger partial charge in [0.2, 0.25) is 5.91 Å². The van der Waals surface area contributed by atoms with Gasteiger partial charge in [-0.25, -0.2) is 0 Å². The third-order valence-electron chi connectivity index (χ3n) is 5.05. The maximum absolute atomic E-state index is 13.7. The van der Waals surface area contributed by atoms with Crippen molar-refractivity contribution in [2.24, 2.45) is 0 Å². The van der Waals surface area contributed by atoms with E-state index in [0.29, 0.717) is 35.3 Å². The number of fused-ring (bicyclic) bond motifs is 2. The van der Waals surface area contributed by atoms with Gasteiger partial charge in [0.05, 0.1) is 12.2 Å². The lowest BCUT2D eigenvalue weighted by Crippen LogP contribution is -2.50. The quantitative estimate of drug-likeness (QED) is 0.723. The predicted molar refractivity (Wildman–Crippen MR) is 110 cm³/mol. The van der Waals surface area contributed by atoms with Gasteiger partial charge in [-0.1, -0.05) is 48.3 Å². The maximum Gasteiger partial charge on any atom is 0.268 e. The zero-order valence-corrected chi connectivity index (χ0v) is 17.1. The summed E-state index contributed by atoms with van der Waals surface area (Å²) in [5.74, 6) is 0.575. The Labute approximate surface area is 172 Å². The Kier molecular flexibility index (Phi) is 4.87. The highest BCUT2D eigenvalue weighted by Gasteiger charge is 2.59. The second kappa shape index (κ2) is 7.04. The number of carbonyl (C=O) groups excluding carboxylic acids is 2. The Morgan fingerprint density at radius 1 is 1.22 bits per heavy atom. The molecular formula is C20H18Cl2N2O2S. The first kappa shape index (κ1) is 18.7. The normalized spacial score (nSPS) is 21.2. The van der Waals surface area contributed by atoms with Crippen LogP contribution in [0.1, 0.15) is 24.5 Å². The zero-order chi connectivity index (χ0) is 19.2. The minimum Gasteiger partial charge on any atom is -0.315 e. The van der Waals surface area contributed by atoms with E-state index in [9.17, 15) is 9.59 Å². The molecule has 140 valence electrons. The molecule has 0 saturated carbocycles. The molecule has 4 nitrogen and oxygen atoms in total. The third kappa shape index (κ3) is 2.84. The molecule has 2 heterocycles. The number of hydrogen-bond acceptors (Lipinski definition) is 3. The number of nitrogens with zero attached hydrogens (tertiary/aromatic N) is 2. The first-order valence-corrected chi connectivity index (χ1v) is 10.5. The molecule has 4 rings (SSSR count). The molecule has 1 spiro atoms. The van der Waals surface area contributed by atoms with Gasteiger partial charge in [-0.15, -0.1) is 11.8 Å². The standard InChI is InChI=1S/C20H18Cl2N2O2S/c1-2-18(25)24-9-10-27-20(24)15-11-14(21)7-8-17(15)23(19(20)26)12-13-5-3-4-6-16(13)22/h3-8,11H,2,9-10,12H2,1H3. The zero-order valence-electron chi connectivity index (χ0n) is 14.7. The van der Waals surface area contributed by atoms with E-state index in [-0.39, 0.29) is 11.8 Å². The molecule has 0 radical (unpaired) electrons. The Morgan fingerprint density at radius 3 is 2.74 bits per heavy atom. The van der Waals surface area contributed by atoms with Gasteiger partial charge >= 0.3 is 0 Å². The largest absolute Gasteiger partial charge is 0.315 e. The molecule has 1 fully saturated rings. The number of thioether (sulfide) groups is 1. The van der Waals surface area contributed by atoms with E-state index in [0.717, 1.165) is 16.8 Å². The van der Waals surface area contributed by atoms with Crippen molar-refractivity contribution in [3.63, 3.8) is 0 Å². The van der Waals surface area contributed by atoms with E-state index in [4.69, 9.17) is 23.2 Å². The van der Waals surface area contributed by atoms with Crippen molar-refractivity contribution in [1.29, 1.82) is 0 Å². The van der Waals surface area contributed by atoms with Crippen molar-refractivity contribution >= 4 is 52.5 Å². The predicted octanol–water partition coefficient (Wildman–Crippen LogP) is 4.68. The van der Waals surface area contributed by atoms with Crippen molar-refractivity contribution in [1.82, 2.24) is 4.90 Å². The van der Waals surface area contributed by atoms with E-state index >= 15 is 0 Å². The molecule has 1 saturated heterocycles. The summed E-state index contributed by atoms with van der Waals surface area (Å²) in [7, 11) is 0. The van der Waals surface area contributed by atoms with Crippen LogP contribution >= 0.6 is 35.0 Å². The Balaban J connectivity index is 1.84. The molecule has 7 heteroatoms.